The molecule has 1 nitrogen and oxygen atoms in total. The molecule has 0 saturated carbocycles. The van der Waals surface area contributed by atoms with Crippen molar-refractivity contribution >= 4 is 12.6 Å². The van der Waals surface area contributed by atoms with E-state index in [1.807, 2.05) is 0 Å². The molecule has 0 saturated heterocycles. The van der Waals surface area contributed by atoms with Gasteiger partial charge in [0.2, 0.25) is 0 Å². The Morgan fingerprint density at radius 3 is 2.62 bits per heavy atom. The van der Waals surface area contributed by atoms with Crippen LogP contribution in [-0.4, -0.2) is 4.98 Å². The van der Waals surface area contributed by atoms with Crippen LogP contribution in [0.15, 0.2) is 23.4 Å². The Labute approximate surface area is 67.6 Å². The second-order valence-corrected chi connectivity index (χ2v) is 1.61. The van der Waals surface area contributed by atoms with Crippen molar-refractivity contribution in [3.05, 3.63) is 24.5 Å². The Bertz CT molecular complexity index is 142. The van der Waals surface area contributed by atoms with Crippen molar-refractivity contribution < 1.29 is 20.4 Å². The average Bonchev–Trinajstić information content (AvgIpc) is 1.69. The first kappa shape index (κ1) is 8.16. The van der Waals surface area contributed by atoms with Crippen molar-refractivity contribution in [1.82, 2.24) is 4.98 Å². The van der Waals surface area contributed by atoms with Crippen LogP contribution in [-0.2, 0) is 20.4 Å². The Hall–Kier alpha value is 0.162. The van der Waals surface area contributed by atoms with Gasteiger partial charge in [0.15, 0.2) is 0 Å². The second-order valence-electron chi connectivity index (χ2n) is 1.12. The quantitative estimate of drug-likeness (QED) is 0.560. The Balaban J connectivity index is 0.000000490. The van der Waals surface area contributed by atoms with E-state index >= 15 is 0 Å². The third-order valence-corrected chi connectivity index (χ3v) is 0.884. The fourth-order valence-electron chi connectivity index (χ4n) is 0.308. The first-order chi connectivity index (χ1) is 3.39. The van der Waals surface area contributed by atoms with Gasteiger partial charge in [-0.2, -0.15) is 23.6 Å². The fourth-order valence-corrected chi connectivity index (χ4v) is 0.433. The molecule has 0 aliphatic rings. The van der Waals surface area contributed by atoms with Gasteiger partial charge in [-0.1, -0.05) is 12.4 Å². The van der Waals surface area contributed by atoms with Crippen LogP contribution in [0, 0.1) is 6.07 Å². The predicted octanol–water partition coefficient (Wildman–Crippen LogP) is 1.17. The van der Waals surface area contributed by atoms with Gasteiger partial charge in [-0.15, -0.1) is 0 Å². The molecule has 3 heteroatoms. The van der Waals surface area contributed by atoms with E-state index in [1.165, 1.54) is 0 Å². The average molecular weight is 296 g/mol. The number of hydrogen-bond acceptors (Lipinski definition) is 2. The maximum Gasteiger partial charge on any atom is 0 e. The van der Waals surface area contributed by atoms with Crippen LogP contribution in [0.2, 0.25) is 0 Å². The second kappa shape index (κ2) is 4.08. The molecule has 0 atom stereocenters. The topological polar surface area (TPSA) is 12.9 Å². The number of rotatable bonds is 0. The molecule has 43 valence electrons. The molecular weight excluding hydrogens is 292 g/mol. The summed E-state index contributed by atoms with van der Waals surface area (Å²) in [4.78, 5) is 4.57. The standard InChI is InChI=1S/C5H4NS.Re/c7-5-1-3-6-4-2-5;/h1,3-4H,(H,6,7);/q-1;. The third kappa shape index (κ3) is 2.46. The van der Waals surface area contributed by atoms with E-state index in [0.717, 1.165) is 4.90 Å². The van der Waals surface area contributed by atoms with E-state index in [-0.39, 0.29) is 20.4 Å². The zero-order valence-corrected chi connectivity index (χ0v) is 7.61. The molecule has 1 radical (unpaired) electrons. The monoisotopic (exact) mass is 297 g/mol. The van der Waals surface area contributed by atoms with E-state index < -0.39 is 0 Å². The van der Waals surface area contributed by atoms with Gasteiger partial charge in [-0.3, -0.25) is 0 Å². The molecular formula is C5H4NReS-. The van der Waals surface area contributed by atoms with Crippen molar-refractivity contribution in [2.24, 2.45) is 0 Å². The van der Waals surface area contributed by atoms with Crippen LogP contribution >= 0.6 is 12.6 Å². The number of aromatic nitrogens is 1. The summed E-state index contributed by atoms with van der Waals surface area (Å²) in [6, 6.07) is 4.57. The molecule has 0 N–H and O–H groups in total. The molecule has 1 heterocycles. The Morgan fingerprint density at radius 2 is 2.38 bits per heavy atom. The van der Waals surface area contributed by atoms with Gasteiger partial charge in [0, 0.05) is 20.4 Å². The largest absolute Gasteiger partial charge is 0.304 e. The summed E-state index contributed by atoms with van der Waals surface area (Å²) >= 11 is 3.99. The first-order valence-corrected chi connectivity index (χ1v) is 2.35. The van der Waals surface area contributed by atoms with Crippen molar-refractivity contribution in [2.75, 3.05) is 0 Å². The summed E-state index contributed by atoms with van der Waals surface area (Å²) in [5, 5.41) is 0. The Morgan fingerprint density at radius 1 is 1.62 bits per heavy atom. The summed E-state index contributed by atoms with van der Waals surface area (Å²) in [7, 11) is 0. The molecule has 0 amide bonds. The van der Waals surface area contributed by atoms with Gasteiger partial charge in [0.1, 0.15) is 0 Å². The van der Waals surface area contributed by atoms with E-state index in [0.29, 0.717) is 0 Å². The van der Waals surface area contributed by atoms with E-state index in [1.54, 1.807) is 18.5 Å². The van der Waals surface area contributed by atoms with Crippen molar-refractivity contribution in [2.45, 2.75) is 4.90 Å². The molecule has 0 aliphatic carbocycles. The zero-order chi connectivity index (χ0) is 5.11. The SMILES string of the molecule is Sc1[c-]cncc1.[Re]. The van der Waals surface area contributed by atoms with E-state index in [4.69, 9.17) is 0 Å². The van der Waals surface area contributed by atoms with Crippen LogP contribution in [0.3, 0.4) is 0 Å². The van der Waals surface area contributed by atoms with Crippen LogP contribution in [0.5, 0.6) is 0 Å². The maximum atomic E-state index is 3.99. The van der Waals surface area contributed by atoms with Gasteiger partial charge in [0.05, 0.1) is 0 Å². The van der Waals surface area contributed by atoms with Gasteiger partial charge >= 0.3 is 0 Å². The van der Waals surface area contributed by atoms with Crippen LogP contribution in [0.4, 0.5) is 0 Å². The van der Waals surface area contributed by atoms with Crippen molar-refractivity contribution in [3.63, 3.8) is 0 Å². The molecule has 0 bridgehead atoms. The maximum absolute atomic E-state index is 3.99. The summed E-state index contributed by atoms with van der Waals surface area (Å²) in [6.45, 7) is 0. The fraction of sp³-hybridized carbons (Fsp3) is 0. The summed E-state index contributed by atoms with van der Waals surface area (Å²) in [5.74, 6) is 0. The summed E-state index contributed by atoms with van der Waals surface area (Å²) in [5.41, 5.74) is 0. The smallest absolute Gasteiger partial charge is 0 e. The van der Waals surface area contributed by atoms with Crippen molar-refractivity contribution in [3.8, 4) is 0 Å². The minimum atomic E-state index is 0. The minimum Gasteiger partial charge on any atom is -0.304 e. The molecule has 0 aromatic carbocycles. The van der Waals surface area contributed by atoms with Gasteiger partial charge in [0.25, 0.3) is 0 Å². The van der Waals surface area contributed by atoms with Crippen LogP contribution in [0.25, 0.3) is 0 Å². The zero-order valence-electron chi connectivity index (χ0n) is 4.00. The molecule has 0 aliphatic heterocycles. The summed E-state index contributed by atoms with van der Waals surface area (Å²) < 4.78 is 0. The molecule has 0 spiro atoms. The van der Waals surface area contributed by atoms with Crippen LogP contribution in [0.1, 0.15) is 0 Å². The number of pyridine rings is 1. The first-order valence-electron chi connectivity index (χ1n) is 1.90. The predicted molar refractivity (Wildman–Crippen MR) is 30.3 cm³/mol. The number of nitrogens with zero attached hydrogens (tertiary/aromatic N) is 1. The van der Waals surface area contributed by atoms with E-state index in [2.05, 4.69) is 23.7 Å². The molecule has 8 heavy (non-hydrogen) atoms. The molecule has 1 rings (SSSR count). The number of hydrogen-bond donors (Lipinski definition) is 1. The third-order valence-electron chi connectivity index (χ3n) is 0.605. The minimum absolute atomic E-state index is 0. The normalized spacial score (nSPS) is 7.62. The molecule has 0 unspecified atom stereocenters. The molecule has 0 fully saturated rings. The van der Waals surface area contributed by atoms with Crippen molar-refractivity contribution in [1.29, 1.82) is 0 Å². The number of thiol groups is 1. The molecule has 1 aromatic rings. The van der Waals surface area contributed by atoms with Crippen LogP contribution < -0.4 is 0 Å². The van der Waals surface area contributed by atoms with E-state index in [9.17, 15) is 0 Å². The van der Waals surface area contributed by atoms with Gasteiger partial charge < -0.3 is 4.98 Å². The Kier molecular flexibility index (Phi) is 4.17. The molecule has 1 aromatic heterocycles. The van der Waals surface area contributed by atoms with Gasteiger partial charge in [-0.05, 0) is 0 Å². The summed E-state index contributed by atoms with van der Waals surface area (Å²) in [6.07, 6.45) is 3.27. The van der Waals surface area contributed by atoms with Gasteiger partial charge in [-0.25, -0.2) is 6.07 Å².